The van der Waals surface area contributed by atoms with Gasteiger partial charge in [-0.1, -0.05) is 61.0 Å². The van der Waals surface area contributed by atoms with Gasteiger partial charge in [-0.2, -0.15) is 0 Å². The largest absolute Gasteiger partial charge is 0.490 e. The number of hydrogen-bond acceptors (Lipinski definition) is 9. The lowest BCUT2D eigenvalue weighted by molar-refractivity contribution is -0.223. The van der Waals surface area contributed by atoms with Crippen LogP contribution in [0.4, 0.5) is 0 Å². The SMILES string of the molecule is C=CCOc1ccc2c(c1)C1C(CCCCO)C(CCCCO)C=C3C(=NOC4CCCCO4)CC(Sc4ccccc4)C(OCC=C)(O2)C31. The Hall–Kier alpha value is -3.08. The number of benzene rings is 2. The van der Waals surface area contributed by atoms with Gasteiger partial charge in [-0.05, 0) is 86.3 Å². The summed E-state index contributed by atoms with van der Waals surface area (Å²) in [6, 6.07) is 16.6. The van der Waals surface area contributed by atoms with Crippen LogP contribution in [-0.2, 0) is 14.3 Å². The Kier molecular flexibility index (Phi) is 13.1. The zero-order chi connectivity index (χ0) is 34.8. The summed E-state index contributed by atoms with van der Waals surface area (Å²) in [7, 11) is 0. The van der Waals surface area contributed by atoms with Gasteiger partial charge in [-0.15, -0.1) is 18.3 Å². The van der Waals surface area contributed by atoms with Crippen LogP contribution in [0.5, 0.6) is 11.5 Å². The van der Waals surface area contributed by atoms with Gasteiger partial charge in [0.1, 0.15) is 18.1 Å². The highest BCUT2D eigenvalue weighted by molar-refractivity contribution is 8.00. The minimum absolute atomic E-state index is 0.00368. The van der Waals surface area contributed by atoms with Crippen molar-refractivity contribution in [3.63, 3.8) is 0 Å². The maximum Gasteiger partial charge on any atom is 0.231 e. The molecule has 2 aliphatic heterocycles. The molecule has 1 saturated carbocycles. The van der Waals surface area contributed by atoms with E-state index in [0.717, 1.165) is 91.0 Å². The molecule has 8 nitrogen and oxygen atoms in total. The summed E-state index contributed by atoms with van der Waals surface area (Å²) < 4.78 is 26.3. The number of aliphatic hydroxyl groups is 2. The maximum absolute atomic E-state index is 9.83. The highest BCUT2D eigenvalue weighted by Crippen LogP contribution is 2.63. The molecule has 6 rings (SSSR count). The van der Waals surface area contributed by atoms with E-state index in [-0.39, 0.29) is 48.4 Å². The Morgan fingerprint density at radius 3 is 2.50 bits per heavy atom. The molecule has 7 atom stereocenters. The van der Waals surface area contributed by atoms with Gasteiger partial charge in [0.05, 0.1) is 30.1 Å². The predicted molar refractivity (Wildman–Crippen MR) is 198 cm³/mol. The normalized spacial score (nSPS) is 29.2. The maximum atomic E-state index is 9.83. The molecule has 50 heavy (non-hydrogen) atoms. The Morgan fingerprint density at radius 2 is 1.76 bits per heavy atom. The first kappa shape index (κ1) is 36.7. The average molecular weight is 704 g/mol. The third-order valence-electron chi connectivity index (χ3n) is 10.4. The van der Waals surface area contributed by atoms with Crippen LogP contribution in [-0.4, -0.2) is 66.3 Å². The molecule has 4 aliphatic rings. The molecular weight excluding hydrogens is 651 g/mol. The number of ether oxygens (including phenoxy) is 4. The molecule has 270 valence electrons. The molecule has 0 amide bonds. The second kappa shape index (κ2) is 17.9. The molecular formula is C41H53NO7S. The van der Waals surface area contributed by atoms with E-state index in [4.69, 9.17) is 28.9 Å². The van der Waals surface area contributed by atoms with E-state index in [1.54, 1.807) is 23.9 Å². The van der Waals surface area contributed by atoms with Crippen molar-refractivity contribution < 1.29 is 34.0 Å². The van der Waals surface area contributed by atoms with E-state index in [0.29, 0.717) is 26.2 Å². The summed E-state index contributed by atoms with van der Waals surface area (Å²) in [5.74, 6) is 0.773. The van der Waals surface area contributed by atoms with Crippen molar-refractivity contribution >= 4 is 17.5 Å². The van der Waals surface area contributed by atoms with Crippen molar-refractivity contribution in [3.05, 3.63) is 91.1 Å². The lowest BCUT2D eigenvalue weighted by atomic mass is 9.56. The molecule has 7 unspecified atom stereocenters. The fourth-order valence-corrected chi connectivity index (χ4v) is 9.56. The molecule has 1 saturated heterocycles. The number of oxime groups is 1. The van der Waals surface area contributed by atoms with E-state index < -0.39 is 5.79 Å². The van der Waals surface area contributed by atoms with Crippen molar-refractivity contribution in [2.75, 3.05) is 33.0 Å². The Balaban J connectivity index is 1.54. The van der Waals surface area contributed by atoms with E-state index in [1.807, 2.05) is 18.2 Å². The number of rotatable bonds is 18. The summed E-state index contributed by atoms with van der Waals surface area (Å²) in [5.41, 5.74) is 3.12. The number of unbranched alkanes of at least 4 members (excludes halogenated alkanes) is 2. The fourth-order valence-electron chi connectivity index (χ4n) is 8.25. The van der Waals surface area contributed by atoms with Gasteiger partial charge in [0, 0.05) is 42.4 Å². The van der Waals surface area contributed by atoms with Crippen LogP contribution in [0.2, 0.25) is 0 Å². The van der Waals surface area contributed by atoms with Crippen molar-refractivity contribution in [1.29, 1.82) is 0 Å². The highest BCUT2D eigenvalue weighted by Gasteiger charge is 2.64. The molecule has 0 spiro atoms. The fraction of sp³-hybridized carbons (Fsp3) is 0.537. The summed E-state index contributed by atoms with van der Waals surface area (Å²) >= 11 is 1.76. The van der Waals surface area contributed by atoms with Gasteiger partial charge in [-0.25, -0.2) is 0 Å². The minimum Gasteiger partial charge on any atom is -0.490 e. The predicted octanol–water partition coefficient (Wildman–Crippen LogP) is 8.20. The van der Waals surface area contributed by atoms with Gasteiger partial charge in [0.15, 0.2) is 0 Å². The molecule has 9 heteroatoms. The van der Waals surface area contributed by atoms with Gasteiger partial charge in [0.25, 0.3) is 0 Å². The van der Waals surface area contributed by atoms with Crippen molar-refractivity contribution in [2.45, 2.75) is 92.3 Å². The number of hydrogen-bond donors (Lipinski definition) is 2. The van der Waals surface area contributed by atoms with Crippen molar-refractivity contribution in [2.24, 2.45) is 22.9 Å². The van der Waals surface area contributed by atoms with Crippen LogP contribution in [0.3, 0.4) is 0 Å². The molecule has 0 radical (unpaired) electrons. The topological polar surface area (TPSA) is 99.0 Å². The molecule has 2 N–H and O–H groups in total. The number of fused-ring (bicyclic) bond motifs is 2. The van der Waals surface area contributed by atoms with Gasteiger partial charge in [-0.3, -0.25) is 0 Å². The lowest BCUT2D eigenvalue weighted by Crippen LogP contribution is -2.64. The number of nitrogens with zero attached hydrogens (tertiary/aromatic N) is 1. The zero-order valence-electron chi connectivity index (χ0n) is 29.1. The Labute approximate surface area is 301 Å². The number of allylic oxidation sites excluding steroid dienone is 1. The number of thioether (sulfide) groups is 1. The van der Waals surface area contributed by atoms with Gasteiger partial charge >= 0.3 is 0 Å². The summed E-state index contributed by atoms with van der Waals surface area (Å²) in [6.45, 7) is 9.62. The van der Waals surface area contributed by atoms with Gasteiger partial charge in [0.2, 0.25) is 12.1 Å². The summed E-state index contributed by atoms with van der Waals surface area (Å²) in [6.07, 6.45) is 14.3. The van der Waals surface area contributed by atoms with Crippen LogP contribution in [0.25, 0.3) is 0 Å². The first-order valence-electron chi connectivity index (χ1n) is 18.4. The van der Waals surface area contributed by atoms with E-state index in [9.17, 15) is 10.2 Å². The van der Waals surface area contributed by atoms with E-state index >= 15 is 0 Å². The smallest absolute Gasteiger partial charge is 0.231 e. The van der Waals surface area contributed by atoms with E-state index in [1.165, 1.54) is 0 Å². The zero-order valence-corrected chi connectivity index (χ0v) is 29.9. The lowest BCUT2D eigenvalue weighted by Gasteiger charge is -2.58. The third kappa shape index (κ3) is 8.18. The van der Waals surface area contributed by atoms with Gasteiger partial charge < -0.3 is 34.0 Å². The molecule has 2 fully saturated rings. The van der Waals surface area contributed by atoms with Crippen LogP contribution in [0.1, 0.15) is 75.7 Å². The monoisotopic (exact) mass is 703 g/mol. The second-order valence-corrected chi connectivity index (χ2v) is 15.0. The van der Waals surface area contributed by atoms with Crippen LogP contribution in [0.15, 0.2) is 95.5 Å². The van der Waals surface area contributed by atoms with Crippen molar-refractivity contribution in [3.8, 4) is 11.5 Å². The second-order valence-electron chi connectivity index (χ2n) is 13.7. The van der Waals surface area contributed by atoms with E-state index in [2.05, 4.69) is 49.6 Å². The molecule has 2 aliphatic carbocycles. The molecule has 0 bridgehead atoms. The molecule has 2 aromatic carbocycles. The first-order chi connectivity index (χ1) is 24.6. The Bertz CT molecular complexity index is 1470. The first-order valence-corrected chi connectivity index (χ1v) is 19.3. The van der Waals surface area contributed by atoms with Crippen LogP contribution >= 0.6 is 11.8 Å². The highest BCUT2D eigenvalue weighted by atomic mass is 32.2. The minimum atomic E-state index is -1.03. The quantitative estimate of drug-likeness (QED) is 0.0911. The Morgan fingerprint density at radius 1 is 0.960 bits per heavy atom. The molecule has 2 aromatic rings. The molecule has 0 aromatic heterocycles. The summed E-state index contributed by atoms with van der Waals surface area (Å²) in [4.78, 5) is 7.33. The average Bonchev–Trinajstić information content (AvgIpc) is 3.15. The molecule has 2 heterocycles. The summed E-state index contributed by atoms with van der Waals surface area (Å²) in [5, 5.41) is 24.3. The standard InChI is InChI=1S/C41H53NO7S/c1-3-23-45-30-19-20-36-34(27-30)39-32(17-9-12-22-44)29(14-8-11-21-43)26-33-35(42-49-38-18-10-13-25-46-38)28-37(50-31-15-6-5-7-16-31)41(48-36,40(33)39)47-24-4-2/h3-7,15-16,19-20,26-27,29,32,37-40,43-44H,1-2,8-14,17-18,21-25,28H2. The van der Waals surface area contributed by atoms with Crippen LogP contribution in [0, 0.1) is 17.8 Å². The number of aliphatic hydroxyl groups excluding tert-OH is 2. The van der Waals surface area contributed by atoms with Crippen molar-refractivity contribution in [1.82, 2.24) is 0 Å². The van der Waals surface area contributed by atoms with Crippen LogP contribution < -0.4 is 9.47 Å². The third-order valence-corrected chi connectivity index (χ3v) is 11.8.